The Morgan fingerprint density at radius 2 is 2.00 bits per heavy atom. The Labute approximate surface area is 162 Å². The van der Waals surface area contributed by atoms with Crippen molar-refractivity contribution < 1.29 is 19.1 Å². The molecule has 1 amide bonds. The van der Waals surface area contributed by atoms with Crippen molar-refractivity contribution in [2.45, 2.75) is 0 Å². The van der Waals surface area contributed by atoms with Crippen LogP contribution in [0.5, 0.6) is 0 Å². The number of carbonyl (C=O) groups is 2. The maximum atomic E-state index is 12.4. The van der Waals surface area contributed by atoms with Gasteiger partial charge in [0.15, 0.2) is 6.61 Å². The van der Waals surface area contributed by atoms with E-state index in [4.69, 9.17) is 15.9 Å². The van der Waals surface area contributed by atoms with E-state index >= 15 is 0 Å². The predicted molar refractivity (Wildman–Crippen MR) is 105 cm³/mol. The summed E-state index contributed by atoms with van der Waals surface area (Å²) in [6.07, 6.45) is 5.09. The number of rotatable bonds is 6. The number of benzene rings is 1. The highest BCUT2D eigenvalue weighted by atomic mass is 32.1. The zero-order valence-electron chi connectivity index (χ0n) is 14.8. The van der Waals surface area contributed by atoms with Gasteiger partial charge < -0.3 is 19.7 Å². The van der Waals surface area contributed by atoms with Crippen LogP contribution in [0.15, 0.2) is 36.4 Å². The van der Waals surface area contributed by atoms with Crippen LogP contribution < -0.4 is 10.2 Å². The Hall–Kier alpha value is -2.82. The molecular formula is C20H20N2O4S. The molecule has 1 N–H and O–H groups in total. The first-order valence-corrected chi connectivity index (χ1v) is 9.40. The maximum Gasteiger partial charge on any atom is 0.348 e. The van der Waals surface area contributed by atoms with Crippen LogP contribution in [0.1, 0.15) is 9.67 Å². The summed E-state index contributed by atoms with van der Waals surface area (Å²) in [5.41, 5.74) is 2.01. The Bertz CT molecular complexity index is 835. The first-order chi connectivity index (χ1) is 13.2. The maximum absolute atomic E-state index is 12.4. The van der Waals surface area contributed by atoms with E-state index in [1.54, 1.807) is 0 Å². The lowest BCUT2D eigenvalue weighted by Gasteiger charge is -2.28. The Balaban J connectivity index is 1.79. The summed E-state index contributed by atoms with van der Waals surface area (Å²) in [4.78, 5) is 26.7. The van der Waals surface area contributed by atoms with Crippen molar-refractivity contribution in [3.63, 3.8) is 0 Å². The predicted octanol–water partition coefficient (Wildman–Crippen LogP) is 2.16. The molecular weight excluding hydrogens is 364 g/mol. The summed E-state index contributed by atoms with van der Waals surface area (Å²) in [6.45, 7) is 2.59. The number of nitrogens with zero attached hydrogens (tertiary/aromatic N) is 1. The molecule has 2 heterocycles. The number of esters is 1. The van der Waals surface area contributed by atoms with Crippen molar-refractivity contribution in [1.82, 2.24) is 5.32 Å². The fourth-order valence-electron chi connectivity index (χ4n) is 2.71. The third-order valence-corrected chi connectivity index (χ3v) is 5.19. The Morgan fingerprint density at radius 3 is 2.70 bits per heavy atom. The van der Waals surface area contributed by atoms with Gasteiger partial charge in [-0.3, -0.25) is 4.79 Å². The number of amides is 1. The monoisotopic (exact) mass is 384 g/mol. The van der Waals surface area contributed by atoms with Crippen LogP contribution in [0.4, 0.5) is 5.00 Å². The van der Waals surface area contributed by atoms with Gasteiger partial charge in [-0.1, -0.05) is 36.3 Å². The van der Waals surface area contributed by atoms with Gasteiger partial charge in [-0.2, -0.15) is 0 Å². The van der Waals surface area contributed by atoms with E-state index in [2.05, 4.69) is 16.1 Å². The summed E-state index contributed by atoms with van der Waals surface area (Å²) < 4.78 is 10.6. The lowest BCUT2D eigenvalue weighted by molar-refractivity contribution is -0.123. The first kappa shape index (κ1) is 19.0. The lowest BCUT2D eigenvalue weighted by Crippen LogP contribution is -2.35. The van der Waals surface area contributed by atoms with E-state index in [0.717, 1.165) is 29.2 Å². The highest BCUT2D eigenvalue weighted by Crippen LogP contribution is 2.39. The van der Waals surface area contributed by atoms with E-state index < -0.39 is 11.9 Å². The normalized spacial score (nSPS) is 13.7. The van der Waals surface area contributed by atoms with Crippen molar-refractivity contribution in [1.29, 1.82) is 0 Å². The van der Waals surface area contributed by atoms with Crippen LogP contribution in [-0.2, 0) is 14.3 Å². The van der Waals surface area contributed by atoms with Gasteiger partial charge in [0, 0.05) is 18.7 Å². The number of hydrogen-bond donors (Lipinski definition) is 1. The highest BCUT2D eigenvalue weighted by molar-refractivity contribution is 7.18. The first-order valence-electron chi connectivity index (χ1n) is 8.58. The molecule has 0 bridgehead atoms. The summed E-state index contributed by atoms with van der Waals surface area (Å²) in [6, 6.07) is 11.7. The molecule has 1 aromatic heterocycles. The van der Waals surface area contributed by atoms with Crippen LogP contribution in [0.25, 0.3) is 11.1 Å². The average molecular weight is 384 g/mol. The van der Waals surface area contributed by atoms with E-state index in [1.807, 2.05) is 36.4 Å². The molecule has 1 aliphatic rings. The average Bonchev–Trinajstić information content (AvgIpc) is 3.17. The zero-order valence-corrected chi connectivity index (χ0v) is 15.6. The molecule has 1 fully saturated rings. The number of hydrogen-bond acceptors (Lipinski definition) is 6. The second-order valence-electron chi connectivity index (χ2n) is 5.85. The molecule has 0 atom stereocenters. The van der Waals surface area contributed by atoms with E-state index in [0.29, 0.717) is 18.1 Å². The fourth-order valence-corrected chi connectivity index (χ4v) is 3.84. The molecule has 1 saturated heterocycles. The Morgan fingerprint density at radius 1 is 1.26 bits per heavy atom. The second kappa shape index (κ2) is 9.21. The van der Waals surface area contributed by atoms with Crippen LogP contribution >= 0.6 is 11.3 Å². The lowest BCUT2D eigenvalue weighted by atomic mass is 10.1. The molecule has 0 radical (unpaired) electrons. The van der Waals surface area contributed by atoms with Gasteiger partial charge in [0.05, 0.1) is 24.8 Å². The summed E-state index contributed by atoms with van der Waals surface area (Å²) in [7, 11) is 0. The smallest absolute Gasteiger partial charge is 0.348 e. The standard InChI is InChI=1S/C20H20N2O4S/c1-2-8-21-18(23)14-26-20(24)17-13-16(15-6-4-3-5-7-15)19(27-17)22-9-11-25-12-10-22/h1,3-7,13H,8-12,14H2,(H,21,23). The number of ether oxygens (including phenoxy) is 2. The minimum absolute atomic E-state index is 0.106. The molecule has 2 aromatic rings. The fraction of sp³-hybridized carbons (Fsp3) is 0.300. The third-order valence-electron chi connectivity index (χ3n) is 4.02. The zero-order chi connectivity index (χ0) is 19.1. The van der Waals surface area contributed by atoms with Gasteiger partial charge in [-0.05, 0) is 11.6 Å². The second-order valence-corrected chi connectivity index (χ2v) is 6.88. The molecule has 27 heavy (non-hydrogen) atoms. The summed E-state index contributed by atoms with van der Waals surface area (Å²) in [5.74, 6) is 1.35. The van der Waals surface area contributed by atoms with Crippen molar-refractivity contribution >= 4 is 28.2 Å². The van der Waals surface area contributed by atoms with Crippen LogP contribution in [0.2, 0.25) is 0 Å². The van der Waals surface area contributed by atoms with Crippen molar-refractivity contribution in [2.75, 3.05) is 44.4 Å². The summed E-state index contributed by atoms with van der Waals surface area (Å²) in [5, 5.41) is 3.47. The number of thiophene rings is 1. The van der Waals surface area contributed by atoms with Crippen molar-refractivity contribution in [3.05, 3.63) is 41.3 Å². The number of anilines is 1. The minimum Gasteiger partial charge on any atom is -0.451 e. The number of carbonyl (C=O) groups excluding carboxylic acids is 2. The molecule has 0 aliphatic carbocycles. The number of morpholine rings is 1. The molecule has 3 rings (SSSR count). The van der Waals surface area contributed by atoms with Gasteiger partial charge in [-0.15, -0.1) is 17.8 Å². The highest BCUT2D eigenvalue weighted by Gasteiger charge is 2.22. The molecule has 6 nitrogen and oxygen atoms in total. The van der Waals surface area contributed by atoms with Crippen LogP contribution in [0.3, 0.4) is 0 Å². The molecule has 7 heteroatoms. The van der Waals surface area contributed by atoms with Gasteiger partial charge in [0.25, 0.3) is 5.91 Å². The molecule has 0 saturated carbocycles. The van der Waals surface area contributed by atoms with Crippen LogP contribution in [0, 0.1) is 12.3 Å². The topological polar surface area (TPSA) is 67.9 Å². The van der Waals surface area contributed by atoms with E-state index in [9.17, 15) is 9.59 Å². The SMILES string of the molecule is C#CCNC(=O)COC(=O)c1cc(-c2ccccc2)c(N2CCOCC2)s1. The quantitative estimate of drug-likeness (QED) is 0.611. The van der Waals surface area contributed by atoms with Crippen molar-refractivity contribution in [3.8, 4) is 23.5 Å². The van der Waals surface area contributed by atoms with Gasteiger partial charge in [-0.25, -0.2) is 4.79 Å². The number of terminal acetylenes is 1. The van der Waals surface area contributed by atoms with Crippen LogP contribution in [-0.4, -0.2) is 51.3 Å². The molecule has 0 spiro atoms. The minimum atomic E-state index is -0.521. The van der Waals surface area contributed by atoms with Crippen molar-refractivity contribution in [2.24, 2.45) is 0 Å². The van der Waals surface area contributed by atoms with E-state index in [1.165, 1.54) is 11.3 Å². The van der Waals surface area contributed by atoms with Gasteiger partial charge in [0.1, 0.15) is 4.88 Å². The van der Waals surface area contributed by atoms with E-state index in [-0.39, 0.29) is 13.2 Å². The van der Waals surface area contributed by atoms with Gasteiger partial charge in [0.2, 0.25) is 0 Å². The molecule has 0 unspecified atom stereocenters. The third kappa shape index (κ3) is 4.88. The number of nitrogens with one attached hydrogen (secondary N) is 1. The summed E-state index contributed by atoms with van der Waals surface area (Å²) >= 11 is 1.37. The van der Waals surface area contributed by atoms with Gasteiger partial charge >= 0.3 is 5.97 Å². The molecule has 1 aromatic carbocycles. The Kier molecular flexibility index (Phi) is 6.47. The largest absolute Gasteiger partial charge is 0.451 e. The molecule has 1 aliphatic heterocycles. The molecule has 140 valence electrons.